The highest BCUT2D eigenvalue weighted by molar-refractivity contribution is 6.14. The zero-order chi connectivity index (χ0) is 20.5. The summed E-state index contributed by atoms with van der Waals surface area (Å²) in [5.74, 6) is 0.621. The number of nitrogens with one attached hydrogen (secondary N) is 2. The molecular weight excluding hydrogens is 382 g/mol. The van der Waals surface area contributed by atoms with Gasteiger partial charge in [-0.05, 0) is 31.1 Å². The van der Waals surface area contributed by atoms with Crippen molar-refractivity contribution in [1.29, 1.82) is 0 Å². The van der Waals surface area contributed by atoms with Crippen LogP contribution in [0.5, 0.6) is 0 Å². The lowest BCUT2D eigenvalue weighted by Gasteiger charge is -2.35. The standard InChI is InChI=1S/C21H25N7O2/c29-18(27-6-1-2-7-27)14-26-8-10-28(11-9-26)21-24-17(20(30)25-21)12-15-13-23-19-16(15)4-3-5-22-19/h3-5,12-13H,1-2,6-11,14H2,(H,22,23)(H,24,25,30)/b17-12-. The van der Waals surface area contributed by atoms with Gasteiger partial charge in [0.1, 0.15) is 11.3 Å². The topological polar surface area (TPSA) is 96.9 Å². The number of amides is 2. The third-order valence-corrected chi connectivity index (χ3v) is 5.95. The first-order chi connectivity index (χ1) is 14.7. The highest BCUT2D eigenvalue weighted by Crippen LogP contribution is 2.21. The maximum absolute atomic E-state index is 12.4. The largest absolute Gasteiger partial charge is 0.346 e. The molecule has 2 saturated heterocycles. The first kappa shape index (κ1) is 18.8. The van der Waals surface area contributed by atoms with Gasteiger partial charge in [0.05, 0.1) is 6.54 Å². The molecule has 2 aromatic rings. The Morgan fingerprint density at radius 1 is 1.13 bits per heavy atom. The van der Waals surface area contributed by atoms with Crippen molar-refractivity contribution in [3.63, 3.8) is 0 Å². The Morgan fingerprint density at radius 2 is 1.93 bits per heavy atom. The zero-order valence-corrected chi connectivity index (χ0v) is 16.8. The Hall–Kier alpha value is -3.20. The number of hydrogen-bond acceptors (Lipinski definition) is 6. The van der Waals surface area contributed by atoms with E-state index in [1.54, 1.807) is 12.3 Å². The average Bonchev–Trinajstić information content (AvgIpc) is 3.50. The first-order valence-electron chi connectivity index (χ1n) is 10.5. The summed E-state index contributed by atoms with van der Waals surface area (Å²) in [5, 5.41) is 3.84. The number of carbonyl (C=O) groups is 2. The number of rotatable bonds is 3. The van der Waals surface area contributed by atoms with Crippen LogP contribution in [-0.4, -0.2) is 88.3 Å². The van der Waals surface area contributed by atoms with Crippen molar-refractivity contribution in [3.8, 4) is 0 Å². The van der Waals surface area contributed by atoms with E-state index in [1.165, 1.54) is 0 Å². The van der Waals surface area contributed by atoms with Crippen LogP contribution < -0.4 is 5.32 Å². The molecule has 5 heterocycles. The molecule has 9 heteroatoms. The Bertz CT molecular complexity index is 1030. The lowest BCUT2D eigenvalue weighted by atomic mass is 10.2. The molecule has 0 spiro atoms. The number of likely N-dealkylation sites (tertiary alicyclic amines) is 1. The zero-order valence-electron chi connectivity index (χ0n) is 16.8. The van der Waals surface area contributed by atoms with Gasteiger partial charge in [-0.3, -0.25) is 19.8 Å². The number of H-pyrrole nitrogens is 1. The maximum atomic E-state index is 12.4. The molecule has 5 rings (SSSR count). The number of carbonyl (C=O) groups excluding carboxylic acids is 2. The summed E-state index contributed by atoms with van der Waals surface area (Å²) in [4.78, 5) is 42.9. The highest BCUT2D eigenvalue weighted by Gasteiger charge is 2.29. The second kappa shape index (κ2) is 7.91. The van der Waals surface area contributed by atoms with Crippen LogP contribution in [0.4, 0.5) is 0 Å². The molecule has 0 saturated carbocycles. The SMILES string of the molecule is O=C1NC(N2CCN(CC(=O)N3CCCC3)CC2)=N/C1=C\c1c[nH]c2ncccc12. The number of fused-ring (bicyclic) bond motifs is 1. The van der Waals surface area contributed by atoms with E-state index in [4.69, 9.17) is 0 Å². The number of pyridine rings is 1. The minimum Gasteiger partial charge on any atom is -0.346 e. The predicted octanol–water partition coefficient (Wildman–Crippen LogP) is 0.630. The minimum atomic E-state index is -0.199. The van der Waals surface area contributed by atoms with Crippen LogP contribution in [0.25, 0.3) is 17.1 Å². The third kappa shape index (κ3) is 3.68. The third-order valence-electron chi connectivity index (χ3n) is 5.95. The number of aromatic nitrogens is 2. The van der Waals surface area contributed by atoms with E-state index in [9.17, 15) is 9.59 Å². The molecule has 2 fully saturated rings. The van der Waals surface area contributed by atoms with Crippen LogP contribution in [0.15, 0.2) is 35.2 Å². The normalized spacial score (nSPS) is 21.5. The van der Waals surface area contributed by atoms with E-state index in [1.807, 2.05) is 23.2 Å². The van der Waals surface area contributed by atoms with Gasteiger partial charge in [0.2, 0.25) is 11.9 Å². The summed E-state index contributed by atoms with van der Waals surface area (Å²) in [5.41, 5.74) is 2.06. The van der Waals surface area contributed by atoms with Gasteiger partial charge < -0.3 is 14.8 Å². The number of aromatic amines is 1. The minimum absolute atomic E-state index is 0.199. The molecular formula is C21H25N7O2. The highest BCUT2D eigenvalue weighted by atomic mass is 16.2. The van der Waals surface area contributed by atoms with Crippen LogP contribution >= 0.6 is 0 Å². The molecule has 3 aliphatic heterocycles. The molecule has 30 heavy (non-hydrogen) atoms. The van der Waals surface area contributed by atoms with Crippen LogP contribution in [0, 0.1) is 0 Å². The lowest BCUT2D eigenvalue weighted by Crippen LogP contribution is -2.53. The molecule has 0 aromatic carbocycles. The number of nitrogens with zero attached hydrogens (tertiary/aromatic N) is 5. The summed E-state index contributed by atoms with van der Waals surface area (Å²) in [6, 6.07) is 3.83. The summed E-state index contributed by atoms with van der Waals surface area (Å²) in [7, 11) is 0. The van der Waals surface area contributed by atoms with Gasteiger partial charge in [-0.2, -0.15) is 0 Å². The van der Waals surface area contributed by atoms with Crippen molar-refractivity contribution in [2.24, 2.45) is 4.99 Å². The second-order valence-corrected chi connectivity index (χ2v) is 7.91. The molecule has 2 amide bonds. The van der Waals surface area contributed by atoms with E-state index in [2.05, 4.69) is 30.1 Å². The lowest BCUT2D eigenvalue weighted by molar-refractivity contribution is -0.131. The number of piperazine rings is 1. The Labute approximate surface area is 174 Å². The first-order valence-corrected chi connectivity index (χ1v) is 10.5. The van der Waals surface area contributed by atoms with Crippen molar-refractivity contribution in [1.82, 2.24) is 30.0 Å². The Balaban J connectivity index is 1.22. The monoisotopic (exact) mass is 407 g/mol. The van der Waals surface area contributed by atoms with Crippen molar-refractivity contribution in [2.45, 2.75) is 12.8 Å². The van der Waals surface area contributed by atoms with E-state index in [0.717, 1.165) is 68.7 Å². The fourth-order valence-corrected chi connectivity index (χ4v) is 4.23. The van der Waals surface area contributed by atoms with Gasteiger partial charge in [-0.25, -0.2) is 9.98 Å². The van der Waals surface area contributed by atoms with Crippen LogP contribution in [-0.2, 0) is 9.59 Å². The number of hydrogen-bond donors (Lipinski definition) is 2. The van der Waals surface area contributed by atoms with Crippen LogP contribution in [0.3, 0.4) is 0 Å². The van der Waals surface area contributed by atoms with E-state index >= 15 is 0 Å². The van der Waals surface area contributed by atoms with Crippen molar-refractivity contribution in [2.75, 3.05) is 45.8 Å². The fourth-order valence-electron chi connectivity index (χ4n) is 4.23. The Kier molecular flexibility index (Phi) is 4.96. The molecule has 0 unspecified atom stereocenters. The fraction of sp³-hybridized carbons (Fsp3) is 0.429. The smallest absolute Gasteiger partial charge is 0.276 e. The Morgan fingerprint density at radius 3 is 2.73 bits per heavy atom. The van der Waals surface area contributed by atoms with Crippen molar-refractivity contribution >= 4 is 34.9 Å². The molecule has 0 atom stereocenters. The summed E-state index contributed by atoms with van der Waals surface area (Å²) in [6.07, 6.45) is 7.58. The molecule has 156 valence electrons. The average molecular weight is 407 g/mol. The van der Waals surface area contributed by atoms with Crippen LogP contribution in [0.1, 0.15) is 18.4 Å². The molecule has 0 radical (unpaired) electrons. The number of guanidine groups is 1. The second-order valence-electron chi connectivity index (χ2n) is 7.91. The van der Waals surface area contributed by atoms with Gasteiger partial charge >= 0.3 is 0 Å². The van der Waals surface area contributed by atoms with Gasteiger partial charge in [0, 0.05) is 62.6 Å². The molecule has 3 aliphatic rings. The summed E-state index contributed by atoms with van der Waals surface area (Å²) >= 11 is 0. The van der Waals surface area contributed by atoms with Gasteiger partial charge in [-0.1, -0.05) is 0 Å². The summed E-state index contributed by atoms with van der Waals surface area (Å²) in [6.45, 7) is 5.29. The predicted molar refractivity (Wildman–Crippen MR) is 113 cm³/mol. The quantitative estimate of drug-likeness (QED) is 0.728. The van der Waals surface area contributed by atoms with Gasteiger partial charge in [-0.15, -0.1) is 0 Å². The van der Waals surface area contributed by atoms with Gasteiger partial charge in [0.15, 0.2) is 0 Å². The van der Waals surface area contributed by atoms with Crippen molar-refractivity contribution < 1.29 is 9.59 Å². The molecule has 0 aliphatic carbocycles. The van der Waals surface area contributed by atoms with E-state index < -0.39 is 0 Å². The van der Waals surface area contributed by atoms with E-state index in [0.29, 0.717) is 18.2 Å². The maximum Gasteiger partial charge on any atom is 0.276 e. The molecule has 2 N–H and O–H groups in total. The molecule has 0 bridgehead atoms. The molecule has 9 nitrogen and oxygen atoms in total. The number of aliphatic imine (C=N–C) groups is 1. The van der Waals surface area contributed by atoms with Crippen molar-refractivity contribution in [3.05, 3.63) is 35.8 Å². The van der Waals surface area contributed by atoms with E-state index in [-0.39, 0.29) is 11.8 Å². The van der Waals surface area contributed by atoms with Crippen LogP contribution in [0.2, 0.25) is 0 Å². The summed E-state index contributed by atoms with van der Waals surface area (Å²) < 4.78 is 0. The van der Waals surface area contributed by atoms with Gasteiger partial charge in [0.25, 0.3) is 5.91 Å². The molecule has 2 aromatic heterocycles.